The molecule has 1 N–H and O–H groups in total. The van der Waals surface area contributed by atoms with E-state index in [2.05, 4.69) is 31.0 Å². The number of likely N-dealkylation sites (N-methyl/N-ethyl adjacent to an activating group) is 1. The van der Waals surface area contributed by atoms with Crippen molar-refractivity contribution in [3.8, 4) is 5.69 Å². The van der Waals surface area contributed by atoms with Gasteiger partial charge in [-0.1, -0.05) is 23.9 Å². The highest BCUT2D eigenvalue weighted by Gasteiger charge is 2.17. The van der Waals surface area contributed by atoms with Crippen LogP contribution in [-0.2, 0) is 4.79 Å². The number of aliphatic hydroxyl groups is 1. The van der Waals surface area contributed by atoms with Crippen molar-refractivity contribution in [1.82, 2.24) is 14.5 Å². The Morgan fingerprint density at radius 1 is 1.43 bits per heavy atom. The Balaban J connectivity index is 2.13. The van der Waals surface area contributed by atoms with E-state index in [9.17, 15) is 4.79 Å². The normalized spacial score (nSPS) is 12.2. The van der Waals surface area contributed by atoms with Crippen molar-refractivity contribution in [3.63, 3.8) is 0 Å². The summed E-state index contributed by atoms with van der Waals surface area (Å²) in [6.07, 6.45) is 3.66. The molecule has 1 heterocycles. The van der Waals surface area contributed by atoms with E-state index < -0.39 is 0 Å². The SMILES string of the molecule is Cc1cccc(-n2ccnc2SCC(=O)N(C)C(C)CO)c1C. The summed E-state index contributed by atoms with van der Waals surface area (Å²) < 4.78 is 2.01. The molecule has 0 spiro atoms. The zero-order valence-corrected chi connectivity index (χ0v) is 14.8. The molecule has 0 radical (unpaired) electrons. The molecule has 23 heavy (non-hydrogen) atoms. The van der Waals surface area contributed by atoms with Crippen LogP contribution in [0, 0.1) is 13.8 Å². The van der Waals surface area contributed by atoms with Gasteiger partial charge in [-0.25, -0.2) is 4.98 Å². The maximum absolute atomic E-state index is 12.2. The second kappa shape index (κ2) is 7.66. The highest BCUT2D eigenvalue weighted by Crippen LogP contribution is 2.24. The molecule has 2 rings (SSSR count). The Hall–Kier alpha value is -1.79. The van der Waals surface area contributed by atoms with Crippen LogP contribution >= 0.6 is 11.8 Å². The first-order valence-corrected chi connectivity index (χ1v) is 8.53. The molecule has 0 fully saturated rings. The molecule has 0 aliphatic carbocycles. The second-order valence-corrected chi connectivity index (χ2v) is 6.57. The lowest BCUT2D eigenvalue weighted by molar-refractivity contribution is -0.129. The van der Waals surface area contributed by atoms with Gasteiger partial charge in [0.15, 0.2) is 5.16 Å². The average Bonchev–Trinajstić information content (AvgIpc) is 3.01. The van der Waals surface area contributed by atoms with Crippen LogP contribution in [0.25, 0.3) is 5.69 Å². The Morgan fingerprint density at radius 2 is 2.17 bits per heavy atom. The third kappa shape index (κ3) is 3.95. The van der Waals surface area contributed by atoms with E-state index in [-0.39, 0.29) is 18.6 Å². The van der Waals surface area contributed by atoms with Gasteiger partial charge in [-0.15, -0.1) is 0 Å². The Kier molecular flexibility index (Phi) is 5.85. The molecule has 0 aliphatic rings. The summed E-state index contributed by atoms with van der Waals surface area (Å²) in [4.78, 5) is 18.1. The number of hydrogen-bond donors (Lipinski definition) is 1. The molecule has 5 nitrogen and oxygen atoms in total. The fourth-order valence-corrected chi connectivity index (χ4v) is 3.06. The van der Waals surface area contributed by atoms with Gasteiger partial charge in [0, 0.05) is 19.4 Å². The van der Waals surface area contributed by atoms with Crippen LogP contribution in [0.15, 0.2) is 35.7 Å². The van der Waals surface area contributed by atoms with Crippen molar-refractivity contribution in [2.24, 2.45) is 0 Å². The highest BCUT2D eigenvalue weighted by atomic mass is 32.2. The van der Waals surface area contributed by atoms with Crippen molar-refractivity contribution in [1.29, 1.82) is 0 Å². The van der Waals surface area contributed by atoms with E-state index in [1.54, 1.807) is 18.1 Å². The number of benzene rings is 1. The van der Waals surface area contributed by atoms with E-state index >= 15 is 0 Å². The Morgan fingerprint density at radius 3 is 2.87 bits per heavy atom. The molecule has 1 amide bonds. The first-order chi connectivity index (χ1) is 11.0. The summed E-state index contributed by atoms with van der Waals surface area (Å²) in [6.45, 7) is 5.95. The maximum Gasteiger partial charge on any atom is 0.233 e. The molecule has 0 saturated heterocycles. The van der Waals surface area contributed by atoms with Gasteiger partial charge in [-0.2, -0.15) is 0 Å². The van der Waals surface area contributed by atoms with Crippen LogP contribution < -0.4 is 0 Å². The molecule has 0 aliphatic heterocycles. The zero-order chi connectivity index (χ0) is 17.0. The number of hydrogen-bond acceptors (Lipinski definition) is 4. The first-order valence-electron chi connectivity index (χ1n) is 7.55. The van der Waals surface area contributed by atoms with Crippen LogP contribution in [-0.4, -0.2) is 50.9 Å². The number of rotatable bonds is 6. The third-order valence-corrected chi connectivity index (χ3v) is 5.04. The number of imidazole rings is 1. The van der Waals surface area contributed by atoms with Crippen molar-refractivity contribution >= 4 is 17.7 Å². The number of thioether (sulfide) groups is 1. The van der Waals surface area contributed by atoms with E-state index in [1.165, 1.54) is 22.9 Å². The molecule has 1 aromatic heterocycles. The minimum atomic E-state index is -0.179. The molecule has 2 aromatic rings. The summed E-state index contributed by atoms with van der Waals surface area (Å²) in [7, 11) is 1.71. The largest absolute Gasteiger partial charge is 0.394 e. The fraction of sp³-hybridized carbons (Fsp3) is 0.412. The monoisotopic (exact) mass is 333 g/mol. The van der Waals surface area contributed by atoms with Crippen LogP contribution in [0.1, 0.15) is 18.1 Å². The summed E-state index contributed by atoms with van der Waals surface area (Å²) in [6, 6.07) is 5.98. The van der Waals surface area contributed by atoms with Crippen molar-refractivity contribution in [2.75, 3.05) is 19.4 Å². The average molecular weight is 333 g/mol. The number of aliphatic hydroxyl groups excluding tert-OH is 1. The van der Waals surface area contributed by atoms with E-state index in [4.69, 9.17) is 5.11 Å². The highest BCUT2D eigenvalue weighted by molar-refractivity contribution is 7.99. The lowest BCUT2D eigenvalue weighted by atomic mass is 10.1. The topological polar surface area (TPSA) is 58.4 Å². The molecule has 1 atom stereocenters. The number of carbonyl (C=O) groups excluding carboxylic acids is 1. The van der Waals surface area contributed by atoms with Gasteiger partial charge in [0.2, 0.25) is 5.91 Å². The van der Waals surface area contributed by atoms with Gasteiger partial charge in [-0.05, 0) is 38.0 Å². The van der Waals surface area contributed by atoms with Crippen molar-refractivity contribution < 1.29 is 9.90 Å². The first kappa shape index (κ1) is 17.6. The minimum absolute atomic E-state index is 0.0212. The van der Waals surface area contributed by atoms with Crippen LogP contribution in [0.5, 0.6) is 0 Å². The quantitative estimate of drug-likeness (QED) is 0.825. The third-order valence-electron chi connectivity index (χ3n) is 4.09. The molecule has 1 aromatic carbocycles. The predicted octanol–water partition coefficient (Wildman–Crippen LogP) is 2.42. The van der Waals surface area contributed by atoms with E-state index in [1.807, 2.05) is 23.8 Å². The predicted molar refractivity (Wildman–Crippen MR) is 93.1 cm³/mol. The summed E-state index contributed by atoms with van der Waals surface area (Å²) in [5.74, 6) is 0.273. The summed E-state index contributed by atoms with van der Waals surface area (Å²) in [5, 5.41) is 9.93. The van der Waals surface area contributed by atoms with Gasteiger partial charge in [0.1, 0.15) is 0 Å². The number of carbonyl (C=O) groups is 1. The Bertz CT molecular complexity index is 684. The Labute approximate surface area is 141 Å². The standard InChI is InChI=1S/C17H23N3O2S/c1-12-6-5-7-15(14(12)3)20-9-8-18-17(20)23-11-16(22)19(4)13(2)10-21/h5-9,13,21H,10-11H2,1-4H3. The number of amides is 1. The van der Waals surface area contributed by atoms with Gasteiger partial charge in [0.25, 0.3) is 0 Å². The summed E-state index contributed by atoms with van der Waals surface area (Å²) in [5.41, 5.74) is 3.50. The van der Waals surface area contributed by atoms with E-state index in [0.29, 0.717) is 5.75 Å². The van der Waals surface area contributed by atoms with Crippen LogP contribution in [0.4, 0.5) is 0 Å². The van der Waals surface area contributed by atoms with Gasteiger partial charge in [-0.3, -0.25) is 9.36 Å². The maximum atomic E-state index is 12.2. The summed E-state index contributed by atoms with van der Waals surface area (Å²) >= 11 is 1.41. The zero-order valence-electron chi connectivity index (χ0n) is 14.0. The molecular weight excluding hydrogens is 310 g/mol. The van der Waals surface area contributed by atoms with Gasteiger partial charge >= 0.3 is 0 Å². The number of aryl methyl sites for hydroxylation is 1. The molecule has 0 bridgehead atoms. The van der Waals surface area contributed by atoms with Crippen molar-refractivity contribution in [2.45, 2.75) is 32.0 Å². The number of aromatic nitrogens is 2. The number of nitrogens with zero attached hydrogens (tertiary/aromatic N) is 3. The smallest absolute Gasteiger partial charge is 0.233 e. The van der Waals surface area contributed by atoms with E-state index in [0.717, 1.165) is 10.8 Å². The molecule has 1 unspecified atom stereocenters. The van der Waals surface area contributed by atoms with Crippen LogP contribution in [0.2, 0.25) is 0 Å². The fourth-order valence-electron chi connectivity index (χ4n) is 2.17. The second-order valence-electron chi connectivity index (χ2n) is 5.62. The van der Waals surface area contributed by atoms with Gasteiger partial charge in [0.05, 0.1) is 24.1 Å². The molecular formula is C17H23N3O2S. The van der Waals surface area contributed by atoms with Crippen LogP contribution in [0.3, 0.4) is 0 Å². The lowest BCUT2D eigenvalue weighted by Gasteiger charge is -2.22. The minimum Gasteiger partial charge on any atom is -0.394 e. The van der Waals surface area contributed by atoms with Gasteiger partial charge < -0.3 is 10.0 Å². The molecule has 0 saturated carbocycles. The van der Waals surface area contributed by atoms with Crippen molar-refractivity contribution in [3.05, 3.63) is 41.7 Å². The molecule has 6 heteroatoms. The lowest BCUT2D eigenvalue weighted by Crippen LogP contribution is -2.38. The molecule has 124 valence electrons.